The summed E-state index contributed by atoms with van der Waals surface area (Å²) in [6.45, 7) is 3.98. The molecule has 3 aromatic heterocycles. The van der Waals surface area contributed by atoms with Gasteiger partial charge in [-0.25, -0.2) is 9.67 Å². The Morgan fingerprint density at radius 2 is 2.05 bits per heavy atom. The molecule has 2 unspecified atom stereocenters. The van der Waals surface area contributed by atoms with Gasteiger partial charge in [0, 0.05) is 17.3 Å². The molecule has 1 fully saturated rings. The lowest BCUT2D eigenvalue weighted by Gasteiger charge is -2.22. The van der Waals surface area contributed by atoms with Gasteiger partial charge < -0.3 is 10.6 Å². The Balaban J connectivity index is 1.46. The maximum Gasteiger partial charge on any atom is 0.110 e. The van der Waals surface area contributed by atoms with Gasteiger partial charge in [-0.3, -0.25) is 4.98 Å². The van der Waals surface area contributed by atoms with Gasteiger partial charge in [0.15, 0.2) is 0 Å². The van der Waals surface area contributed by atoms with Crippen molar-refractivity contribution in [3.63, 3.8) is 0 Å². The van der Waals surface area contributed by atoms with E-state index >= 15 is 0 Å². The zero-order valence-corrected chi connectivity index (χ0v) is 23.1. The van der Waals surface area contributed by atoms with Gasteiger partial charge in [-0.05, 0) is 43.9 Å². The number of thiazole rings is 1. The topological polar surface area (TPSA) is 104 Å². The van der Waals surface area contributed by atoms with Crippen molar-refractivity contribution in [2.45, 2.75) is 51.2 Å². The quantitative estimate of drug-likeness (QED) is 0.198. The Hall–Kier alpha value is -4.00. The Morgan fingerprint density at radius 3 is 2.74 bits per heavy atom. The van der Waals surface area contributed by atoms with Crippen LogP contribution in [0.15, 0.2) is 60.4 Å². The molecule has 1 saturated carbocycles. The molecular formula is C29H27ClN8S. The number of pyridine rings is 1. The van der Waals surface area contributed by atoms with E-state index in [1.807, 2.05) is 42.1 Å². The number of halogens is 1. The number of nitrogens with one attached hydrogen (secondary N) is 2. The number of nitriles is 1. The first-order chi connectivity index (χ1) is 19.4. The molecule has 0 saturated heterocycles. The van der Waals surface area contributed by atoms with E-state index in [4.69, 9.17) is 11.6 Å². The molecule has 6 rings (SSSR count). The lowest BCUT2D eigenvalue weighted by Crippen LogP contribution is -2.14. The minimum atomic E-state index is -1.46. The highest BCUT2D eigenvalue weighted by Gasteiger charge is 2.28. The molecule has 196 valence electrons. The lowest BCUT2D eigenvalue weighted by molar-refractivity contribution is 0.610. The third-order valence-corrected chi connectivity index (χ3v) is 8.14. The summed E-state index contributed by atoms with van der Waals surface area (Å²) in [6, 6.07) is 14.9. The molecule has 2 atom stereocenters. The molecule has 39 heavy (non-hydrogen) atoms. The first-order valence-corrected chi connectivity index (χ1v) is 14.1. The van der Waals surface area contributed by atoms with Gasteiger partial charge in [-0.15, -0.1) is 16.4 Å². The van der Waals surface area contributed by atoms with Crippen molar-refractivity contribution < 1.29 is 1.37 Å². The predicted molar refractivity (Wildman–Crippen MR) is 155 cm³/mol. The molecule has 1 aliphatic rings. The van der Waals surface area contributed by atoms with Crippen molar-refractivity contribution in [3.05, 3.63) is 92.8 Å². The van der Waals surface area contributed by atoms with Gasteiger partial charge in [-0.1, -0.05) is 54.1 Å². The smallest absolute Gasteiger partial charge is 0.110 e. The molecule has 1 aliphatic carbocycles. The molecule has 10 heteroatoms. The van der Waals surface area contributed by atoms with Crippen LogP contribution in [0.3, 0.4) is 0 Å². The average Bonchev–Trinajstić information content (AvgIpc) is 3.51. The summed E-state index contributed by atoms with van der Waals surface area (Å²) < 4.78 is 11.5. The Kier molecular flexibility index (Phi) is 6.56. The number of aryl methyl sites for hydroxylation is 1. The number of hydrogen-bond acceptors (Lipinski definition) is 8. The first kappa shape index (κ1) is 24.1. The highest BCUT2D eigenvalue weighted by Crippen LogP contribution is 2.39. The lowest BCUT2D eigenvalue weighted by atomic mass is 10.0. The minimum Gasteiger partial charge on any atom is -0.377 e. The molecule has 5 aromatic rings. The maximum atomic E-state index is 9.98. The van der Waals surface area contributed by atoms with Crippen LogP contribution in [0.1, 0.15) is 73.1 Å². The van der Waals surface area contributed by atoms with Crippen molar-refractivity contribution in [1.29, 1.82) is 5.26 Å². The maximum absolute atomic E-state index is 9.98. The Bertz CT molecular complexity index is 1730. The van der Waals surface area contributed by atoms with E-state index in [2.05, 4.69) is 56.0 Å². The molecule has 0 amide bonds. The summed E-state index contributed by atoms with van der Waals surface area (Å²) in [5.74, 6) is 0. The fourth-order valence-electron chi connectivity index (χ4n) is 4.68. The number of rotatable bonds is 9. The number of nitrogens with zero attached hydrogens (tertiary/aromatic N) is 6. The second-order valence-corrected chi connectivity index (χ2v) is 10.9. The number of aromatic nitrogens is 5. The van der Waals surface area contributed by atoms with Crippen molar-refractivity contribution in [3.8, 4) is 6.07 Å². The second kappa shape index (κ2) is 10.6. The highest BCUT2D eigenvalue weighted by molar-refractivity contribution is 7.09. The van der Waals surface area contributed by atoms with Gasteiger partial charge in [0.05, 0.1) is 57.5 Å². The molecule has 0 aliphatic heterocycles. The number of hydrogen-bond donors (Lipinski definition) is 2. The molecule has 0 radical (unpaired) electrons. The van der Waals surface area contributed by atoms with Crippen LogP contribution in [0.25, 0.3) is 10.9 Å². The third kappa shape index (κ3) is 5.05. The second-order valence-electron chi connectivity index (χ2n) is 9.61. The van der Waals surface area contributed by atoms with Crippen LogP contribution in [0.2, 0.25) is 5.02 Å². The van der Waals surface area contributed by atoms with E-state index in [9.17, 15) is 6.63 Å². The van der Waals surface area contributed by atoms with E-state index in [1.165, 1.54) is 11.3 Å². The largest absolute Gasteiger partial charge is 0.377 e. The van der Waals surface area contributed by atoms with Gasteiger partial charge >= 0.3 is 0 Å². The first-order valence-electron chi connectivity index (χ1n) is 13.4. The van der Waals surface area contributed by atoms with Crippen LogP contribution in [-0.2, 0) is 0 Å². The monoisotopic (exact) mass is 555 g/mol. The van der Waals surface area contributed by atoms with Gasteiger partial charge in [0.1, 0.15) is 17.8 Å². The van der Waals surface area contributed by atoms with E-state index in [0.29, 0.717) is 49.5 Å². The molecule has 0 spiro atoms. The normalized spacial score (nSPS) is 15.8. The fourth-order valence-corrected chi connectivity index (χ4v) is 5.77. The molecule has 8 nitrogen and oxygen atoms in total. The minimum absolute atomic E-state index is 0.0261. The third-order valence-electron chi connectivity index (χ3n) is 6.90. The number of anilines is 2. The summed E-state index contributed by atoms with van der Waals surface area (Å²) in [4.78, 5) is 9.62. The van der Waals surface area contributed by atoms with Crippen LogP contribution in [-0.4, -0.2) is 25.0 Å². The van der Waals surface area contributed by atoms with Gasteiger partial charge in [-0.2, -0.15) is 5.26 Å². The molecule has 2 N–H and O–H groups in total. The van der Waals surface area contributed by atoms with Crippen molar-refractivity contribution in [2.24, 2.45) is 0 Å². The summed E-state index contributed by atoms with van der Waals surface area (Å²) in [7, 11) is 0. The van der Waals surface area contributed by atoms with Crippen LogP contribution in [0.4, 0.5) is 11.4 Å². The van der Waals surface area contributed by atoms with Crippen molar-refractivity contribution >= 4 is 45.2 Å². The molecule has 2 aromatic carbocycles. The standard InChI is InChI=1S/C29H27ClN8S/c1-3-24(18-7-5-4-6-8-18)35-26-19(13-31)14-32-27-22(26)11-20(12-23(27)30)34-28(29-17(2)33-16-39-29)25-15-38(37-36-25)21-9-10-21/h4-8,11-12,14-16,21,24,28,34H,3,9-10H2,1-2H3,(H,32,35)/i28D. The van der Waals surface area contributed by atoms with E-state index in [0.717, 1.165) is 30.5 Å². The summed E-state index contributed by atoms with van der Waals surface area (Å²) >= 11 is 8.18. The fraction of sp³-hybridized carbons (Fsp3) is 0.276. The van der Waals surface area contributed by atoms with Crippen LogP contribution >= 0.6 is 22.9 Å². The average molecular weight is 556 g/mol. The highest BCUT2D eigenvalue weighted by atomic mass is 35.5. The van der Waals surface area contributed by atoms with Crippen molar-refractivity contribution in [2.75, 3.05) is 10.6 Å². The number of benzene rings is 2. The van der Waals surface area contributed by atoms with E-state index in [1.54, 1.807) is 17.8 Å². The zero-order valence-electron chi connectivity index (χ0n) is 22.5. The summed E-state index contributed by atoms with van der Waals surface area (Å²) in [5, 5.41) is 26.8. The summed E-state index contributed by atoms with van der Waals surface area (Å²) in [6.07, 6.45) is 6.32. The molecular weight excluding hydrogens is 528 g/mol. The number of fused-ring (bicyclic) bond motifs is 1. The van der Waals surface area contributed by atoms with Crippen LogP contribution < -0.4 is 10.6 Å². The Labute approximate surface area is 237 Å². The Morgan fingerprint density at radius 1 is 1.23 bits per heavy atom. The molecule has 0 bridgehead atoms. The SMILES string of the molecule is [2H]C(Nc1cc(Cl)c2ncc(C#N)c(NC(CC)c3ccccc3)c2c1)(c1cn(C2CC2)nn1)c1scnc1C. The van der Waals surface area contributed by atoms with Crippen LogP contribution in [0.5, 0.6) is 0 Å². The predicted octanol–water partition coefficient (Wildman–Crippen LogP) is 7.22. The van der Waals surface area contributed by atoms with E-state index < -0.39 is 6.02 Å². The summed E-state index contributed by atoms with van der Waals surface area (Å²) in [5.41, 5.74) is 6.29. The van der Waals surface area contributed by atoms with Crippen molar-refractivity contribution in [1.82, 2.24) is 25.0 Å². The zero-order chi connectivity index (χ0) is 27.9. The van der Waals surface area contributed by atoms with Gasteiger partial charge in [0.25, 0.3) is 0 Å². The van der Waals surface area contributed by atoms with E-state index in [-0.39, 0.29) is 6.04 Å². The van der Waals surface area contributed by atoms with Gasteiger partial charge in [0.2, 0.25) is 0 Å². The van der Waals surface area contributed by atoms with Crippen LogP contribution in [0, 0.1) is 18.3 Å². The molecule has 3 heterocycles.